The summed E-state index contributed by atoms with van der Waals surface area (Å²) in [4.78, 5) is 12.2. The summed E-state index contributed by atoms with van der Waals surface area (Å²) in [6, 6.07) is 0.887. The van der Waals surface area contributed by atoms with Crippen LogP contribution in [0.25, 0.3) is 0 Å². The van der Waals surface area contributed by atoms with Crippen molar-refractivity contribution in [2.45, 2.75) is 51.7 Å². The minimum Gasteiger partial charge on any atom is -0.361 e. The molecule has 0 unspecified atom stereocenters. The molecule has 23 heavy (non-hydrogen) atoms. The van der Waals surface area contributed by atoms with Gasteiger partial charge in [0.15, 0.2) is 0 Å². The van der Waals surface area contributed by atoms with Crippen LogP contribution in [-0.4, -0.2) is 14.9 Å². The van der Waals surface area contributed by atoms with Crippen LogP contribution in [0, 0.1) is 6.92 Å². The molecular formula is C15H16F3N3O2. The summed E-state index contributed by atoms with van der Waals surface area (Å²) in [7, 11) is 0. The lowest BCUT2D eigenvalue weighted by molar-refractivity contribution is -0.139. The molecule has 0 spiro atoms. The van der Waals surface area contributed by atoms with Gasteiger partial charge in [0, 0.05) is 11.5 Å². The van der Waals surface area contributed by atoms with Crippen molar-refractivity contribution in [3.05, 3.63) is 44.7 Å². The van der Waals surface area contributed by atoms with Gasteiger partial charge >= 0.3 is 6.18 Å². The number of nitrogens with zero attached hydrogens (tertiary/aromatic N) is 3. The minimum atomic E-state index is -4.69. The highest BCUT2D eigenvalue weighted by atomic mass is 19.4. The molecule has 1 aliphatic carbocycles. The van der Waals surface area contributed by atoms with Gasteiger partial charge in [-0.2, -0.15) is 18.3 Å². The lowest BCUT2D eigenvalue weighted by atomic mass is 10.1. The summed E-state index contributed by atoms with van der Waals surface area (Å²) in [6.45, 7) is 3.46. The van der Waals surface area contributed by atoms with Gasteiger partial charge in [-0.05, 0) is 32.3 Å². The Balaban J connectivity index is 2.09. The maximum Gasteiger partial charge on any atom is 0.421 e. The summed E-state index contributed by atoms with van der Waals surface area (Å²) in [5.74, 6) is 0.498. The Bertz CT molecular complexity index is 788. The highest BCUT2D eigenvalue weighted by Gasteiger charge is 2.37. The van der Waals surface area contributed by atoms with E-state index in [4.69, 9.17) is 4.52 Å². The second-order valence-corrected chi connectivity index (χ2v) is 5.74. The molecule has 1 saturated carbocycles. The molecule has 0 aromatic carbocycles. The second kappa shape index (κ2) is 5.50. The molecule has 8 heteroatoms. The number of aryl methyl sites for hydroxylation is 2. The Morgan fingerprint density at radius 2 is 2.09 bits per heavy atom. The maximum atomic E-state index is 13.1. The SMILES string of the molecule is CCc1noc(C)c1Cn1nc(C2CC2)cc(C(F)(F)F)c1=O. The zero-order valence-corrected chi connectivity index (χ0v) is 12.8. The number of hydrogen-bond acceptors (Lipinski definition) is 4. The average Bonchev–Trinajstić information content (AvgIpc) is 3.26. The molecule has 0 bridgehead atoms. The predicted octanol–water partition coefficient (Wildman–Crippen LogP) is 3.05. The molecule has 124 valence electrons. The zero-order chi connectivity index (χ0) is 16.8. The first-order valence-electron chi connectivity index (χ1n) is 7.44. The van der Waals surface area contributed by atoms with Gasteiger partial charge < -0.3 is 4.52 Å². The van der Waals surface area contributed by atoms with Gasteiger partial charge in [0.1, 0.15) is 11.3 Å². The molecule has 0 amide bonds. The van der Waals surface area contributed by atoms with E-state index in [1.165, 1.54) is 0 Å². The molecule has 2 aromatic heterocycles. The van der Waals surface area contributed by atoms with Crippen molar-refractivity contribution in [2.75, 3.05) is 0 Å². The summed E-state index contributed by atoms with van der Waals surface area (Å²) in [5, 5.41) is 8.00. The Hall–Kier alpha value is -2.12. The van der Waals surface area contributed by atoms with Crippen LogP contribution in [0.15, 0.2) is 15.4 Å². The third kappa shape index (κ3) is 3.02. The molecule has 0 atom stereocenters. The maximum absolute atomic E-state index is 13.1. The quantitative estimate of drug-likeness (QED) is 0.866. The van der Waals surface area contributed by atoms with E-state index >= 15 is 0 Å². The van der Waals surface area contributed by atoms with Gasteiger partial charge in [-0.15, -0.1) is 0 Å². The molecule has 1 fully saturated rings. The Morgan fingerprint density at radius 3 is 2.65 bits per heavy atom. The van der Waals surface area contributed by atoms with E-state index in [0.717, 1.165) is 23.6 Å². The standard InChI is InChI=1S/C15H16F3N3O2/c1-3-12-10(8(2)23-20-12)7-21-14(22)11(15(16,17)18)6-13(19-21)9-4-5-9/h6,9H,3-5,7H2,1-2H3. The molecular weight excluding hydrogens is 311 g/mol. The van der Waals surface area contributed by atoms with Crippen LogP contribution < -0.4 is 5.56 Å². The fourth-order valence-corrected chi connectivity index (χ4v) is 2.52. The number of hydrogen-bond donors (Lipinski definition) is 0. The lowest BCUT2D eigenvalue weighted by Gasteiger charge is -2.12. The fraction of sp³-hybridized carbons (Fsp3) is 0.533. The van der Waals surface area contributed by atoms with Crippen molar-refractivity contribution in [3.63, 3.8) is 0 Å². The van der Waals surface area contributed by atoms with Crippen LogP contribution in [0.4, 0.5) is 13.2 Å². The van der Waals surface area contributed by atoms with Gasteiger partial charge in [0.05, 0.1) is 17.9 Å². The topological polar surface area (TPSA) is 60.9 Å². The van der Waals surface area contributed by atoms with Crippen LogP contribution in [-0.2, 0) is 19.1 Å². The molecule has 1 aliphatic rings. The molecule has 2 heterocycles. The molecule has 3 rings (SSSR count). The smallest absolute Gasteiger partial charge is 0.361 e. The molecule has 0 saturated heterocycles. The second-order valence-electron chi connectivity index (χ2n) is 5.74. The van der Waals surface area contributed by atoms with Crippen molar-refractivity contribution in [1.82, 2.24) is 14.9 Å². The summed E-state index contributed by atoms with van der Waals surface area (Å²) < 4.78 is 45.3. The highest BCUT2D eigenvalue weighted by molar-refractivity contribution is 5.25. The zero-order valence-electron chi connectivity index (χ0n) is 12.8. The molecule has 5 nitrogen and oxygen atoms in total. The third-order valence-electron chi connectivity index (χ3n) is 4.00. The van der Waals surface area contributed by atoms with Crippen molar-refractivity contribution >= 4 is 0 Å². The summed E-state index contributed by atoms with van der Waals surface area (Å²) >= 11 is 0. The third-order valence-corrected chi connectivity index (χ3v) is 4.00. The van der Waals surface area contributed by atoms with Gasteiger partial charge in [-0.25, -0.2) is 4.68 Å². The fourth-order valence-electron chi connectivity index (χ4n) is 2.52. The number of alkyl halides is 3. The average molecular weight is 327 g/mol. The van der Waals surface area contributed by atoms with Crippen LogP contribution in [0.1, 0.15) is 54.0 Å². The van der Waals surface area contributed by atoms with Crippen LogP contribution in [0.3, 0.4) is 0 Å². The van der Waals surface area contributed by atoms with Gasteiger partial charge in [0.2, 0.25) is 0 Å². The minimum absolute atomic E-state index is 0.0113. The van der Waals surface area contributed by atoms with Gasteiger partial charge in [-0.1, -0.05) is 12.1 Å². The van der Waals surface area contributed by atoms with Gasteiger partial charge in [0.25, 0.3) is 5.56 Å². The molecule has 0 radical (unpaired) electrons. The largest absolute Gasteiger partial charge is 0.421 e. The Kier molecular flexibility index (Phi) is 3.77. The van der Waals surface area contributed by atoms with E-state index in [2.05, 4.69) is 10.3 Å². The predicted molar refractivity (Wildman–Crippen MR) is 75.2 cm³/mol. The molecule has 0 N–H and O–H groups in total. The van der Waals surface area contributed by atoms with Crippen molar-refractivity contribution in [2.24, 2.45) is 0 Å². The number of aromatic nitrogens is 3. The van der Waals surface area contributed by atoms with Crippen molar-refractivity contribution in [3.8, 4) is 0 Å². The van der Waals surface area contributed by atoms with Crippen LogP contribution in [0.2, 0.25) is 0 Å². The first-order chi connectivity index (χ1) is 10.8. The molecule has 2 aromatic rings. The Morgan fingerprint density at radius 1 is 1.39 bits per heavy atom. The van der Waals surface area contributed by atoms with Crippen molar-refractivity contribution < 1.29 is 17.7 Å². The Labute approximate surface area is 130 Å². The first-order valence-corrected chi connectivity index (χ1v) is 7.44. The van der Waals surface area contributed by atoms with E-state index in [1.54, 1.807) is 6.92 Å². The van der Waals surface area contributed by atoms with Crippen LogP contribution in [0.5, 0.6) is 0 Å². The lowest BCUT2D eigenvalue weighted by Crippen LogP contribution is -2.32. The van der Waals surface area contributed by atoms with Gasteiger partial charge in [-0.3, -0.25) is 4.79 Å². The molecule has 0 aliphatic heterocycles. The van der Waals surface area contributed by atoms with Crippen LogP contribution >= 0.6 is 0 Å². The number of halogens is 3. The van der Waals surface area contributed by atoms with E-state index < -0.39 is 17.3 Å². The summed E-state index contributed by atoms with van der Waals surface area (Å²) in [6.07, 6.45) is -2.53. The van der Waals surface area contributed by atoms with E-state index in [1.807, 2.05) is 6.92 Å². The van der Waals surface area contributed by atoms with E-state index in [0.29, 0.717) is 29.1 Å². The normalized spacial score (nSPS) is 15.2. The first kappa shape index (κ1) is 15.8. The van der Waals surface area contributed by atoms with E-state index in [-0.39, 0.29) is 12.5 Å². The van der Waals surface area contributed by atoms with Crippen molar-refractivity contribution in [1.29, 1.82) is 0 Å². The monoisotopic (exact) mass is 327 g/mol. The number of rotatable bonds is 4. The highest BCUT2D eigenvalue weighted by Crippen LogP contribution is 2.40. The van der Waals surface area contributed by atoms with E-state index in [9.17, 15) is 18.0 Å². The summed E-state index contributed by atoms with van der Waals surface area (Å²) in [5.41, 5.74) is -0.736.